The van der Waals surface area contributed by atoms with Crippen LogP contribution in [0.4, 0.5) is 4.39 Å². The van der Waals surface area contributed by atoms with Crippen LogP contribution >= 0.6 is 0 Å². The van der Waals surface area contributed by atoms with Gasteiger partial charge in [0.15, 0.2) is 0 Å². The van der Waals surface area contributed by atoms with E-state index < -0.39 is 0 Å². The molecule has 1 N–H and O–H groups in total. The van der Waals surface area contributed by atoms with Crippen molar-refractivity contribution in [3.8, 4) is 6.07 Å². The third-order valence-corrected chi connectivity index (χ3v) is 3.78. The first-order chi connectivity index (χ1) is 11.2. The summed E-state index contributed by atoms with van der Waals surface area (Å²) >= 11 is 0. The van der Waals surface area contributed by atoms with Gasteiger partial charge in [0.1, 0.15) is 17.6 Å². The summed E-state index contributed by atoms with van der Waals surface area (Å²) in [6.07, 6.45) is 0. The van der Waals surface area contributed by atoms with Crippen molar-refractivity contribution < 1.29 is 9.18 Å². The van der Waals surface area contributed by atoms with Crippen molar-refractivity contribution in [1.82, 2.24) is 10.3 Å². The molecule has 1 heterocycles. The SMILES string of the molecule is Cc1nc(C(=O)NC(c2ccc(F)cc2)C(C)(C)C)ccc1C#N. The van der Waals surface area contributed by atoms with E-state index in [0.29, 0.717) is 11.3 Å². The maximum atomic E-state index is 13.2. The van der Waals surface area contributed by atoms with Crippen LogP contribution in [0.3, 0.4) is 0 Å². The number of nitrogens with one attached hydrogen (secondary N) is 1. The lowest BCUT2D eigenvalue weighted by Gasteiger charge is -2.32. The lowest BCUT2D eigenvalue weighted by molar-refractivity contribution is 0.0896. The van der Waals surface area contributed by atoms with E-state index in [4.69, 9.17) is 5.26 Å². The van der Waals surface area contributed by atoms with Crippen molar-refractivity contribution in [3.63, 3.8) is 0 Å². The molecule has 1 atom stereocenters. The van der Waals surface area contributed by atoms with Crippen LogP contribution in [0, 0.1) is 29.5 Å². The molecule has 24 heavy (non-hydrogen) atoms. The van der Waals surface area contributed by atoms with E-state index in [1.807, 2.05) is 26.8 Å². The Labute approximate surface area is 141 Å². The topological polar surface area (TPSA) is 65.8 Å². The highest BCUT2D eigenvalue weighted by atomic mass is 19.1. The molecule has 0 fully saturated rings. The number of carbonyl (C=O) groups excluding carboxylic acids is 1. The Morgan fingerprint density at radius 1 is 1.21 bits per heavy atom. The van der Waals surface area contributed by atoms with Gasteiger partial charge in [-0.05, 0) is 42.2 Å². The number of benzene rings is 1. The minimum Gasteiger partial charge on any atom is -0.343 e. The predicted molar refractivity (Wildman–Crippen MR) is 89.8 cm³/mol. The fourth-order valence-corrected chi connectivity index (χ4v) is 2.47. The molecule has 0 spiro atoms. The van der Waals surface area contributed by atoms with Crippen LogP contribution in [0.2, 0.25) is 0 Å². The van der Waals surface area contributed by atoms with Crippen LogP contribution in [0.5, 0.6) is 0 Å². The number of hydrogen-bond acceptors (Lipinski definition) is 3. The lowest BCUT2D eigenvalue weighted by Crippen LogP contribution is -2.37. The van der Waals surface area contributed by atoms with Gasteiger partial charge in [0.2, 0.25) is 0 Å². The molecule has 4 nitrogen and oxygen atoms in total. The second-order valence-electron chi connectivity index (χ2n) is 6.77. The normalized spacial score (nSPS) is 12.3. The van der Waals surface area contributed by atoms with Crippen molar-refractivity contribution in [2.24, 2.45) is 5.41 Å². The Balaban J connectivity index is 2.30. The molecule has 0 saturated carbocycles. The van der Waals surface area contributed by atoms with Gasteiger partial charge < -0.3 is 5.32 Å². The molecule has 1 aromatic carbocycles. The van der Waals surface area contributed by atoms with Gasteiger partial charge >= 0.3 is 0 Å². The van der Waals surface area contributed by atoms with Crippen molar-refractivity contribution in [3.05, 3.63) is 64.7 Å². The Hall–Kier alpha value is -2.74. The second-order valence-corrected chi connectivity index (χ2v) is 6.77. The molecule has 2 rings (SSSR count). The number of hydrogen-bond donors (Lipinski definition) is 1. The Kier molecular flexibility index (Phi) is 4.99. The Morgan fingerprint density at radius 3 is 2.33 bits per heavy atom. The average Bonchev–Trinajstić information content (AvgIpc) is 2.52. The summed E-state index contributed by atoms with van der Waals surface area (Å²) in [7, 11) is 0. The minimum atomic E-state index is -0.327. The highest BCUT2D eigenvalue weighted by molar-refractivity contribution is 5.92. The zero-order valence-electron chi connectivity index (χ0n) is 14.2. The molecule has 0 bridgehead atoms. The van der Waals surface area contributed by atoms with E-state index in [-0.39, 0.29) is 28.9 Å². The van der Waals surface area contributed by atoms with Gasteiger partial charge in [-0.3, -0.25) is 4.79 Å². The van der Waals surface area contributed by atoms with Crippen molar-refractivity contribution in [2.45, 2.75) is 33.7 Å². The molecule has 0 aliphatic heterocycles. The van der Waals surface area contributed by atoms with Crippen LogP contribution in [-0.2, 0) is 0 Å². The summed E-state index contributed by atoms with van der Waals surface area (Å²) in [5.74, 6) is -0.644. The predicted octanol–water partition coefficient (Wildman–Crippen LogP) is 3.92. The summed E-state index contributed by atoms with van der Waals surface area (Å²) in [6.45, 7) is 7.69. The molecule has 0 radical (unpaired) electrons. The smallest absolute Gasteiger partial charge is 0.270 e. The molecule has 124 valence electrons. The quantitative estimate of drug-likeness (QED) is 0.930. The molecule has 0 aliphatic carbocycles. The Bertz CT molecular complexity index is 786. The van der Waals surface area contributed by atoms with Crippen LogP contribution in [0.25, 0.3) is 0 Å². The van der Waals surface area contributed by atoms with Gasteiger partial charge in [-0.1, -0.05) is 32.9 Å². The van der Waals surface area contributed by atoms with E-state index in [9.17, 15) is 9.18 Å². The number of halogens is 1. The monoisotopic (exact) mass is 325 g/mol. The molecule has 2 aromatic rings. The summed E-state index contributed by atoms with van der Waals surface area (Å²) in [4.78, 5) is 16.8. The zero-order chi connectivity index (χ0) is 17.9. The summed E-state index contributed by atoms with van der Waals surface area (Å²) in [5.41, 5.74) is 1.76. The zero-order valence-corrected chi connectivity index (χ0v) is 14.2. The second kappa shape index (κ2) is 6.79. The summed E-state index contributed by atoms with van der Waals surface area (Å²) in [5, 5.41) is 11.9. The fraction of sp³-hybridized carbons (Fsp3) is 0.316. The lowest BCUT2D eigenvalue weighted by atomic mass is 9.82. The summed E-state index contributed by atoms with van der Waals surface area (Å²) < 4.78 is 13.2. The van der Waals surface area contributed by atoms with Gasteiger partial charge in [-0.25, -0.2) is 9.37 Å². The number of amides is 1. The van der Waals surface area contributed by atoms with E-state index in [0.717, 1.165) is 5.56 Å². The largest absolute Gasteiger partial charge is 0.343 e. The number of aryl methyl sites for hydroxylation is 1. The van der Waals surface area contributed by atoms with Crippen molar-refractivity contribution >= 4 is 5.91 Å². The van der Waals surface area contributed by atoms with E-state index >= 15 is 0 Å². The van der Waals surface area contributed by atoms with Crippen LogP contribution in [-0.4, -0.2) is 10.9 Å². The third-order valence-electron chi connectivity index (χ3n) is 3.78. The van der Waals surface area contributed by atoms with E-state index in [1.54, 1.807) is 25.1 Å². The van der Waals surface area contributed by atoms with E-state index in [2.05, 4.69) is 10.3 Å². The number of pyridine rings is 1. The molecule has 0 saturated heterocycles. The van der Waals surface area contributed by atoms with Crippen LogP contribution in [0.15, 0.2) is 36.4 Å². The van der Waals surface area contributed by atoms with Gasteiger partial charge in [-0.2, -0.15) is 5.26 Å². The first-order valence-corrected chi connectivity index (χ1v) is 7.66. The first-order valence-electron chi connectivity index (χ1n) is 7.66. The molecule has 1 unspecified atom stereocenters. The molecule has 0 aliphatic rings. The first kappa shape index (κ1) is 17.6. The summed E-state index contributed by atoms with van der Waals surface area (Å²) in [6, 6.07) is 10.9. The fourth-order valence-electron chi connectivity index (χ4n) is 2.47. The highest BCUT2D eigenvalue weighted by Gasteiger charge is 2.28. The van der Waals surface area contributed by atoms with Gasteiger partial charge in [0.25, 0.3) is 5.91 Å². The highest BCUT2D eigenvalue weighted by Crippen LogP contribution is 2.33. The number of nitriles is 1. The maximum absolute atomic E-state index is 13.2. The van der Waals surface area contributed by atoms with Gasteiger partial charge in [0, 0.05) is 0 Å². The van der Waals surface area contributed by atoms with Crippen molar-refractivity contribution in [2.75, 3.05) is 0 Å². The number of rotatable bonds is 3. The number of carbonyl (C=O) groups is 1. The standard InChI is InChI=1S/C19H20FN3O/c1-12-14(11-21)7-10-16(22-12)18(24)23-17(19(2,3)4)13-5-8-15(20)9-6-13/h5-10,17H,1-4H3,(H,23,24). The molecule has 1 aromatic heterocycles. The van der Waals surface area contributed by atoms with Crippen LogP contribution in [0.1, 0.15) is 54.1 Å². The molecule has 1 amide bonds. The average molecular weight is 325 g/mol. The van der Waals surface area contributed by atoms with Crippen molar-refractivity contribution in [1.29, 1.82) is 5.26 Å². The molecule has 5 heteroatoms. The number of aromatic nitrogens is 1. The third kappa shape index (κ3) is 3.96. The molecular formula is C19H20FN3O. The number of nitrogens with zero attached hydrogens (tertiary/aromatic N) is 2. The van der Waals surface area contributed by atoms with Crippen LogP contribution < -0.4 is 5.32 Å². The minimum absolute atomic E-state index is 0.253. The van der Waals surface area contributed by atoms with Gasteiger partial charge in [-0.15, -0.1) is 0 Å². The Morgan fingerprint density at radius 2 is 1.83 bits per heavy atom. The van der Waals surface area contributed by atoms with Gasteiger partial charge in [0.05, 0.1) is 17.3 Å². The maximum Gasteiger partial charge on any atom is 0.270 e. The molecular weight excluding hydrogens is 305 g/mol. The van der Waals surface area contributed by atoms with E-state index in [1.165, 1.54) is 18.2 Å².